The quantitative estimate of drug-likeness (QED) is 0.798. The van der Waals surface area contributed by atoms with Gasteiger partial charge in [-0.05, 0) is 46.8 Å². The summed E-state index contributed by atoms with van der Waals surface area (Å²) in [5.41, 5.74) is -0.289. The minimum atomic E-state index is -0.289. The summed E-state index contributed by atoms with van der Waals surface area (Å²) in [6.45, 7) is 10.3. The molecule has 4 heteroatoms. The topological polar surface area (TPSA) is 35.6 Å². The van der Waals surface area contributed by atoms with E-state index in [9.17, 15) is 4.79 Å². The summed E-state index contributed by atoms with van der Waals surface area (Å²) in [6.07, 6.45) is 2.07. The van der Waals surface area contributed by atoms with Crippen LogP contribution in [0.2, 0.25) is 0 Å². The molecule has 2 aliphatic heterocycles. The highest BCUT2D eigenvalue weighted by Gasteiger charge is 2.39. The molecular weight excluding hydrogens is 226 g/mol. The van der Waals surface area contributed by atoms with Crippen LogP contribution >= 0.6 is 0 Å². The third-order valence-corrected chi connectivity index (χ3v) is 4.60. The molecule has 2 saturated heterocycles. The first kappa shape index (κ1) is 14.0. The van der Waals surface area contributed by atoms with E-state index in [1.54, 1.807) is 0 Å². The van der Waals surface area contributed by atoms with Crippen molar-refractivity contribution in [1.82, 2.24) is 15.1 Å². The highest BCUT2D eigenvalue weighted by atomic mass is 16.1. The van der Waals surface area contributed by atoms with Crippen molar-refractivity contribution in [3.63, 3.8) is 0 Å². The molecule has 0 spiro atoms. The van der Waals surface area contributed by atoms with Crippen molar-refractivity contribution < 1.29 is 4.79 Å². The van der Waals surface area contributed by atoms with Gasteiger partial charge in [0.15, 0.2) is 5.78 Å². The monoisotopic (exact) mass is 253 g/mol. The summed E-state index contributed by atoms with van der Waals surface area (Å²) in [7, 11) is 2.14. The van der Waals surface area contributed by atoms with Crippen LogP contribution in [0.4, 0.5) is 0 Å². The molecule has 1 N–H and O–H groups in total. The molecule has 2 aliphatic rings. The molecule has 4 nitrogen and oxygen atoms in total. The molecule has 2 heterocycles. The Hall–Kier alpha value is -0.450. The number of rotatable bonds is 3. The molecule has 0 amide bonds. The van der Waals surface area contributed by atoms with Crippen molar-refractivity contribution in [2.45, 2.75) is 32.2 Å². The predicted molar refractivity (Wildman–Crippen MR) is 73.7 cm³/mol. The van der Waals surface area contributed by atoms with Gasteiger partial charge < -0.3 is 10.2 Å². The van der Waals surface area contributed by atoms with Crippen LogP contribution in [0.1, 0.15) is 26.7 Å². The summed E-state index contributed by atoms with van der Waals surface area (Å²) in [4.78, 5) is 17.4. The number of likely N-dealkylation sites (tertiary alicyclic amines) is 1. The molecule has 0 aromatic carbocycles. The third kappa shape index (κ3) is 2.92. The van der Waals surface area contributed by atoms with E-state index in [1.165, 1.54) is 0 Å². The number of Topliss-reactive ketones (excluding diaryl/α,β-unsaturated/α-hetero) is 1. The van der Waals surface area contributed by atoms with E-state index >= 15 is 0 Å². The standard InChI is InChI=1S/C14H27N3O/c1-14(2,17-10-6-15-7-11-17)13(18)12-4-8-16(3)9-5-12/h12,15H,4-11H2,1-3H3. The molecule has 0 aliphatic carbocycles. The van der Waals surface area contributed by atoms with Crippen LogP contribution < -0.4 is 5.32 Å². The van der Waals surface area contributed by atoms with Crippen LogP contribution in [0.5, 0.6) is 0 Å². The SMILES string of the molecule is CN1CCC(C(=O)C(C)(C)N2CCNCC2)CC1. The van der Waals surface area contributed by atoms with Crippen LogP contribution in [0, 0.1) is 5.92 Å². The Balaban J connectivity index is 1.97. The second-order valence-electron chi connectivity index (χ2n) is 6.24. The Morgan fingerprint density at radius 1 is 1.11 bits per heavy atom. The number of nitrogens with one attached hydrogen (secondary N) is 1. The molecular formula is C14H27N3O. The number of piperidine rings is 1. The largest absolute Gasteiger partial charge is 0.314 e. The lowest BCUT2D eigenvalue weighted by atomic mass is 9.82. The first-order valence-corrected chi connectivity index (χ1v) is 7.20. The highest BCUT2D eigenvalue weighted by molar-refractivity contribution is 5.89. The average Bonchev–Trinajstić information content (AvgIpc) is 2.40. The van der Waals surface area contributed by atoms with E-state index in [0.717, 1.165) is 52.1 Å². The molecule has 2 fully saturated rings. The number of hydrogen-bond acceptors (Lipinski definition) is 4. The molecule has 2 rings (SSSR count). The molecule has 0 aromatic rings. The highest BCUT2D eigenvalue weighted by Crippen LogP contribution is 2.26. The van der Waals surface area contributed by atoms with E-state index in [4.69, 9.17) is 0 Å². The zero-order chi connectivity index (χ0) is 13.2. The van der Waals surface area contributed by atoms with Crippen LogP contribution in [-0.2, 0) is 4.79 Å². The zero-order valence-electron chi connectivity index (χ0n) is 12.0. The van der Waals surface area contributed by atoms with Gasteiger partial charge in [-0.25, -0.2) is 0 Å². The molecule has 0 radical (unpaired) electrons. The van der Waals surface area contributed by atoms with Gasteiger partial charge in [0, 0.05) is 32.1 Å². The van der Waals surface area contributed by atoms with E-state index in [0.29, 0.717) is 5.78 Å². The fraction of sp³-hybridized carbons (Fsp3) is 0.929. The maximum Gasteiger partial charge on any atom is 0.155 e. The Labute approximate surface area is 111 Å². The Kier molecular flexibility index (Phi) is 4.41. The normalized spacial score (nSPS) is 25.3. The van der Waals surface area contributed by atoms with Gasteiger partial charge in [0.2, 0.25) is 0 Å². The van der Waals surface area contributed by atoms with Gasteiger partial charge in [0.25, 0.3) is 0 Å². The number of piperazine rings is 1. The maximum atomic E-state index is 12.7. The lowest BCUT2D eigenvalue weighted by molar-refractivity contribution is -0.135. The fourth-order valence-corrected chi connectivity index (χ4v) is 3.15. The Bertz CT molecular complexity index is 289. The van der Waals surface area contributed by atoms with Gasteiger partial charge in [0.05, 0.1) is 5.54 Å². The van der Waals surface area contributed by atoms with E-state index in [-0.39, 0.29) is 11.5 Å². The second-order valence-corrected chi connectivity index (χ2v) is 6.24. The van der Waals surface area contributed by atoms with Crippen LogP contribution in [0.25, 0.3) is 0 Å². The Morgan fingerprint density at radius 3 is 2.22 bits per heavy atom. The van der Waals surface area contributed by atoms with Crippen molar-refractivity contribution in [2.24, 2.45) is 5.92 Å². The Morgan fingerprint density at radius 2 is 1.67 bits per heavy atom. The lowest BCUT2D eigenvalue weighted by Crippen LogP contribution is -2.58. The number of hydrogen-bond donors (Lipinski definition) is 1. The van der Waals surface area contributed by atoms with Crippen molar-refractivity contribution in [1.29, 1.82) is 0 Å². The van der Waals surface area contributed by atoms with Gasteiger partial charge >= 0.3 is 0 Å². The molecule has 0 unspecified atom stereocenters. The third-order valence-electron chi connectivity index (χ3n) is 4.60. The van der Waals surface area contributed by atoms with Crippen LogP contribution in [0.15, 0.2) is 0 Å². The van der Waals surface area contributed by atoms with Gasteiger partial charge in [0.1, 0.15) is 0 Å². The van der Waals surface area contributed by atoms with E-state index in [2.05, 4.69) is 36.0 Å². The molecule has 0 atom stereocenters. The van der Waals surface area contributed by atoms with Crippen molar-refractivity contribution >= 4 is 5.78 Å². The number of carbonyl (C=O) groups excluding carboxylic acids is 1. The first-order chi connectivity index (χ1) is 8.51. The molecule has 0 aromatic heterocycles. The lowest BCUT2D eigenvalue weighted by Gasteiger charge is -2.42. The van der Waals surface area contributed by atoms with Crippen LogP contribution in [-0.4, -0.2) is 67.4 Å². The predicted octanol–water partition coefficient (Wildman–Crippen LogP) is 0.581. The van der Waals surface area contributed by atoms with E-state index < -0.39 is 0 Å². The molecule has 18 heavy (non-hydrogen) atoms. The maximum absolute atomic E-state index is 12.7. The minimum Gasteiger partial charge on any atom is -0.314 e. The summed E-state index contributed by atoms with van der Waals surface area (Å²) in [5, 5.41) is 3.35. The van der Waals surface area contributed by atoms with Crippen molar-refractivity contribution in [3.8, 4) is 0 Å². The van der Waals surface area contributed by atoms with Crippen LogP contribution in [0.3, 0.4) is 0 Å². The molecule has 0 saturated carbocycles. The fourth-order valence-electron chi connectivity index (χ4n) is 3.15. The van der Waals surface area contributed by atoms with Gasteiger partial charge in [-0.2, -0.15) is 0 Å². The number of nitrogens with zero attached hydrogens (tertiary/aromatic N) is 2. The molecule has 0 bridgehead atoms. The van der Waals surface area contributed by atoms with Gasteiger partial charge in [-0.3, -0.25) is 9.69 Å². The molecule has 104 valence electrons. The average molecular weight is 253 g/mol. The summed E-state index contributed by atoms with van der Waals surface area (Å²) < 4.78 is 0. The minimum absolute atomic E-state index is 0.270. The number of carbonyl (C=O) groups is 1. The van der Waals surface area contributed by atoms with Gasteiger partial charge in [-0.1, -0.05) is 0 Å². The summed E-state index contributed by atoms with van der Waals surface area (Å²) in [6, 6.07) is 0. The van der Waals surface area contributed by atoms with Gasteiger partial charge in [-0.15, -0.1) is 0 Å². The number of ketones is 1. The first-order valence-electron chi connectivity index (χ1n) is 7.20. The summed E-state index contributed by atoms with van der Waals surface area (Å²) in [5.74, 6) is 0.726. The van der Waals surface area contributed by atoms with Crippen molar-refractivity contribution in [3.05, 3.63) is 0 Å². The smallest absolute Gasteiger partial charge is 0.155 e. The zero-order valence-corrected chi connectivity index (χ0v) is 12.0. The van der Waals surface area contributed by atoms with Crippen molar-refractivity contribution in [2.75, 3.05) is 46.3 Å². The summed E-state index contributed by atoms with van der Waals surface area (Å²) >= 11 is 0. The second kappa shape index (κ2) is 5.68. The van der Waals surface area contributed by atoms with E-state index in [1.807, 2.05) is 0 Å².